The van der Waals surface area contributed by atoms with Crippen molar-refractivity contribution < 1.29 is 4.79 Å². The van der Waals surface area contributed by atoms with Crippen molar-refractivity contribution >= 4 is 29.6 Å². The third-order valence-corrected chi connectivity index (χ3v) is 4.62. The predicted molar refractivity (Wildman–Crippen MR) is 88.1 cm³/mol. The molecule has 1 fully saturated rings. The first-order valence-electron chi connectivity index (χ1n) is 7.19. The van der Waals surface area contributed by atoms with E-state index in [1.165, 1.54) is 12.8 Å². The summed E-state index contributed by atoms with van der Waals surface area (Å²) < 4.78 is 0. The maximum atomic E-state index is 12.4. The minimum Gasteiger partial charge on any atom is -0.363 e. The number of likely N-dealkylation sites (tertiary alicyclic amines) is 1. The van der Waals surface area contributed by atoms with Crippen LogP contribution in [0.15, 0.2) is 12.3 Å². The van der Waals surface area contributed by atoms with Gasteiger partial charge in [0.05, 0.1) is 0 Å². The van der Waals surface area contributed by atoms with E-state index >= 15 is 0 Å². The van der Waals surface area contributed by atoms with Crippen molar-refractivity contribution in [3.63, 3.8) is 0 Å². The number of urea groups is 1. The number of nitrogens with one attached hydrogen (secondary N) is 1. The summed E-state index contributed by atoms with van der Waals surface area (Å²) in [4.78, 5) is 24.6. The first-order chi connectivity index (χ1) is 10.1. The zero-order valence-electron chi connectivity index (χ0n) is 12.9. The first-order valence-corrected chi connectivity index (χ1v) is 8.48. The minimum absolute atomic E-state index is 0.105. The molecule has 0 radical (unpaired) electrons. The lowest BCUT2D eigenvalue weighted by atomic mass is 10.2. The van der Waals surface area contributed by atoms with Gasteiger partial charge >= 0.3 is 6.03 Å². The van der Waals surface area contributed by atoms with Crippen LogP contribution in [0.4, 0.5) is 16.6 Å². The summed E-state index contributed by atoms with van der Waals surface area (Å²) in [6, 6.07) is 1.71. The molecule has 1 aliphatic heterocycles. The number of hydrogen-bond acceptors (Lipinski definition) is 5. The van der Waals surface area contributed by atoms with E-state index in [0.717, 1.165) is 25.3 Å². The van der Waals surface area contributed by atoms with Gasteiger partial charge in [-0.3, -0.25) is 5.32 Å². The van der Waals surface area contributed by atoms with Gasteiger partial charge in [-0.25, -0.2) is 9.78 Å². The van der Waals surface area contributed by atoms with Crippen LogP contribution in [0, 0.1) is 0 Å². The number of carbonyl (C=O) groups is 1. The minimum atomic E-state index is -0.105. The molecule has 7 heteroatoms. The third-order valence-electron chi connectivity index (χ3n) is 3.57. The summed E-state index contributed by atoms with van der Waals surface area (Å²) in [6.45, 7) is 1.59. The Hall–Kier alpha value is -1.50. The number of aromatic nitrogens is 2. The van der Waals surface area contributed by atoms with E-state index in [9.17, 15) is 4.79 Å². The molecule has 1 saturated heterocycles. The molecule has 1 N–H and O–H groups in total. The van der Waals surface area contributed by atoms with Crippen LogP contribution in [0.2, 0.25) is 0 Å². The Labute approximate surface area is 130 Å². The molecule has 0 unspecified atom stereocenters. The van der Waals surface area contributed by atoms with Gasteiger partial charge in [-0.05, 0) is 25.2 Å². The normalized spacial score (nSPS) is 19.0. The lowest BCUT2D eigenvalue weighted by Crippen LogP contribution is -2.39. The average molecular weight is 309 g/mol. The number of carbonyl (C=O) groups excluding carboxylic acids is 1. The van der Waals surface area contributed by atoms with E-state index in [1.807, 2.05) is 41.7 Å². The number of nitrogens with zero attached hydrogens (tertiary/aromatic N) is 4. The van der Waals surface area contributed by atoms with Crippen molar-refractivity contribution in [3.05, 3.63) is 12.3 Å². The SMILES string of the molecule is CS[C@@H]1CCCCN(C(=O)Nc2nccc(N(C)C)n2)C1. The van der Waals surface area contributed by atoms with Crippen molar-refractivity contribution in [1.82, 2.24) is 14.9 Å². The second-order valence-corrected chi connectivity index (χ2v) is 6.50. The monoisotopic (exact) mass is 309 g/mol. The van der Waals surface area contributed by atoms with Crippen molar-refractivity contribution in [2.45, 2.75) is 24.5 Å². The van der Waals surface area contributed by atoms with Gasteiger partial charge in [0.15, 0.2) is 0 Å². The summed E-state index contributed by atoms with van der Waals surface area (Å²) in [7, 11) is 3.82. The van der Waals surface area contributed by atoms with E-state index < -0.39 is 0 Å². The Morgan fingerprint density at radius 2 is 2.29 bits per heavy atom. The molecule has 6 nitrogen and oxygen atoms in total. The van der Waals surface area contributed by atoms with Gasteiger partial charge in [-0.1, -0.05) is 6.42 Å². The molecule has 0 spiro atoms. The van der Waals surface area contributed by atoms with Crippen LogP contribution >= 0.6 is 11.8 Å². The fraction of sp³-hybridized carbons (Fsp3) is 0.643. The third kappa shape index (κ3) is 4.49. The zero-order chi connectivity index (χ0) is 15.2. The molecule has 2 amide bonds. The number of rotatable bonds is 3. The largest absolute Gasteiger partial charge is 0.363 e. The van der Waals surface area contributed by atoms with E-state index in [2.05, 4.69) is 21.5 Å². The Kier molecular flexibility index (Phi) is 5.67. The van der Waals surface area contributed by atoms with Crippen LogP contribution in [0.5, 0.6) is 0 Å². The molecule has 1 aromatic rings. The molecular formula is C14H23N5OS. The molecular weight excluding hydrogens is 286 g/mol. The lowest BCUT2D eigenvalue weighted by molar-refractivity contribution is 0.214. The zero-order valence-corrected chi connectivity index (χ0v) is 13.7. The van der Waals surface area contributed by atoms with Crippen LogP contribution in [0.3, 0.4) is 0 Å². The molecule has 1 atom stereocenters. The maximum Gasteiger partial charge on any atom is 0.324 e. The standard InChI is InChI=1S/C14H23N5OS/c1-18(2)12-7-8-15-13(16-12)17-14(20)19-9-5-4-6-11(10-19)21-3/h7-8,11H,4-6,9-10H2,1-3H3,(H,15,16,17,20)/t11-/m1/s1. The summed E-state index contributed by atoms with van der Waals surface area (Å²) >= 11 is 1.83. The highest BCUT2D eigenvalue weighted by atomic mass is 32.2. The predicted octanol–water partition coefficient (Wildman–Crippen LogP) is 2.29. The fourth-order valence-corrected chi connectivity index (χ4v) is 3.04. The number of hydrogen-bond donors (Lipinski definition) is 1. The molecule has 0 bridgehead atoms. The molecule has 0 saturated carbocycles. The maximum absolute atomic E-state index is 12.4. The smallest absolute Gasteiger partial charge is 0.324 e. The van der Waals surface area contributed by atoms with Crippen LogP contribution in [0.25, 0.3) is 0 Å². The van der Waals surface area contributed by atoms with Gasteiger partial charge < -0.3 is 9.80 Å². The molecule has 1 aliphatic rings. The lowest BCUT2D eigenvalue weighted by Gasteiger charge is -2.23. The summed E-state index contributed by atoms with van der Waals surface area (Å²) in [5, 5.41) is 3.33. The van der Waals surface area contributed by atoms with Crippen molar-refractivity contribution in [2.24, 2.45) is 0 Å². The summed E-state index contributed by atoms with van der Waals surface area (Å²) in [5.41, 5.74) is 0. The number of amides is 2. The fourth-order valence-electron chi connectivity index (χ4n) is 2.31. The first kappa shape index (κ1) is 15.9. The van der Waals surface area contributed by atoms with Gasteiger partial charge in [0.2, 0.25) is 5.95 Å². The van der Waals surface area contributed by atoms with Crippen LogP contribution in [0.1, 0.15) is 19.3 Å². The van der Waals surface area contributed by atoms with Crippen molar-refractivity contribution in [3.8, 4) is 0 Å². The van der Waals surface area contributed by atoms with Gasteiger partial charge in [-0.15, -0.1) is 0 Å². The van der Waals surface area contributed by atoms with Gasteiger partial charge in [-0.2, -0.15) is 16.7 Å². The summed E-state index contributed by atoms with van der Waals surface area (Å²) in [6.07, 6.45) is 7.18. The summed E-state index contributed by atoms with van der Waals surface area (Å²) in [5.74, 6) is 1.13. The van der Waals surface area contributed by atoms with E-state index in [-0.39, 0.29) is 6.03 Å². The Morgan fingerprint density at radius 1 is 1.48 bits per heavy atom. The molecule has 2 heterocycles. The topological polar surface area (TPSA) is 61.4 Å². The molecule has 2 rings (SSSR count). The average Bonchev–Trinajstić information content (AvgIpc) is 2.73. The second kappa shape index (κ2) is 7.49. The molecule has 21 heavy (non-hydrogen) atoms. The van der Waals surface area contributed by atoms with Crippen LogP contribution < -0.4 is 10.2 Å². The molecule has 0 aromatic carbocycles. The molecule has 1 aromatic heterocycles. The number of anilines is 2. The second-order valence-electron chi connectivity index (χ2n) is 5.36. The van der Waals surface area contributed by atoms with Gasteiger partial charge in [0, 0.05) is 38.6 Å². The van der Waals surface area contributed by atoms with Crippen LogP contribution in [-0.4, -0.2) is 59.6 Å². The highest BCUT2D eigenvalue weighted by molar-refractivity contribution is 7.99. The van der Waals surface area contributed by atoms with Crippen molar-refractivity contribution in [2.75, 3.05) is 43.7 Å². The van der Waals surface area contributed by atoms with Gasteiger partial charge in [0.1, 0.15) is 5.82 Å². The highest BCUT2D eigenvalue weighted by Gasteiger charge is 2.22. The van der Waals surface area contributed by atoms with Crippen LogP contribution in [-0.2, 0) is 0 Å². The molecule has 116 valence electrons. The highest BCUT2D eigenvalue weighted by Crippen LogP contribution is 2.20. The quantitative estimate of drug-likeness (QED) is 0.928. The Bertz CT molecular complexity index is 482. The van der Waals surface area contributed by atoms with E-state index in [1.54, 1.807) is 6.20 Å². The number of thioether (sulfide) groups is 1. The van der Waals surface area contributed by atoms with Crippen molar-refractivity contribution in [1.29, 1.82) is 0 Å². The Balaban J connectivity index is 2.01. The van der Waals surface area contributed by atoms with E-state index in [4.69, 9.17) is 0 Å². The van der Waals surface area contributed by atoms with E-state index in [0.29, 0.717) is 11.2 Å². The molecule has 0 aliphatic carbocycles. The van der Waals surface area contributed by atoms with Gasteiger partial charge in [0.25, 0.3) is 0 Å². The Morgan fingerprint density at radius 3 is 3.00 bits per heavy atom.